The maximum absolute atomic E-state index is 12.9. The zero-order valence-electron chi connectivity index (χ0n) is 16.4. The van der Waals surface area contributed by atoms with Gasteiger partial charge in [-0.05, 0) is 48.9 Å². The number of H-pyrrole nitrogens is 1. The number of carbonyl (C=O) groups excluding carboxylic acids is 1. The van der Waals surface area contributed by atoms with Gasteiger partial charge in [-0.25, -0.2) is 4.98 Å². The Hall–Kier alpha value is -3.80. The summed E-state index contributed by atoms with van der Waals surface area (Å²) < 4.78 is 10.8. The van der Waals surface area contributed by atoms with E-state index in [1.807, 2.05) is 61.5 Å². The molecule has 146 valence electrons. The van der Waals surface area contributed by atoms with Crippen LogP contribution < -0.4 is 14.8 Å². The number of hydrogen-bond acceptors (Lipinski definition) is 4. The number of fused-ring (bicyclic) bond motifs is 1. The topological polar surface area (TPSA) is 76.2 Å². The van der Waals surface area contributed by atoms with Crippen LogP contribution in [-0.4, -0.2) is 30.1 Å². The van der Waals surface area contributed by atoms with Gasteiger partial charge in [0, 0.05) is 5.56 Å². The van der Waals surface area contributed by atoms with Gasteiger partial charge in [0.05, 0.1) is 36.5 Å². The van der Waals surface area contributed by atoms with E-state index in [1.54, 1.807) is 20.3 Å². The molecule has 4 rings (SSSR count). The summed E-state index contributed by atoms with van der Waals surface area (Å²) in [5.74, 6) is 1.56. The number of benzene rings is 3. The molecule has 6 nitrogen and oxygen atoms in total. The van der Waals surface area contributed by atoms with Gasteiger partial charge in [-0.1, -0.05) is 24.3 Å². The number of nitrogens with one attached hydrogen (secondary N) is 2. The first kappa shape index (κ1) is 18.6. The number of methoxy groups -OCH3 is 2. The Bertz CT molecular complexity index is 1160. The van der Waals surface area contributed by atoms with Crippen molar-refractivity contribution in [1.29, 1.82) is 0 Å². The molecular formula is C23H21N3O3. The maximum Gasteiger partial charge on any atom is 0.259 e. The van der Waals surface area contributed by atoms with Crippen molar-refractivity contribution in [3.05, 3.63) is 71.8 Å². The van der Waals surface area contributed by atoms with Crippen LogP contribution in [-0.2, 0) is 0 Å². The molecule has 0 saturated heterocycles. The highest BCUT2D eigenvalue weighted by atomic mass is 16.5. The second-order valence-corrected chi connectivity index (χ2v) is 6.63. The van der Waals surface area contributed by atoms with Crippen molar-refractivity contribution < 1.29 is 14.3 Å². The summed E-state index contributed by atoms with van der Waals surface area (Å²) in [5.41, 5.74) is 4.58. The summed E-state index contributed by atoms with van der Waals surface area (Å²) in [7, 11) is 3.13. The van der Waals surface area contributed by atoms with Crippen molar-refractivity contribution in [2.24, 2.45) is 0 Å². The number of amides is 1. The van der Waals surface area contributed by atoms with E-state index in [1.165, 1.54) is 0 Å². The summed E-state index contributed by atoms with van der Waals surface area (Å²) in [6.07, 6.45) is 0. The highest BCUT2D eigenvalue weighted by molar-refractivity contribution is 6.07. The zero-order chi connectivity index (χ0) is 20.4. The van der Waals surface area contributed by atoms with Crippen LogP contribution in [0.5, 0.6) is 11.5 Å². The molecule has 6 heteroatoms. The molecule has 0 spiro atoms. The van der Waals surface area contributed by atoms with E-state index in [9.17, 15) is 4.79 Å². The van der Waals surface area contributed by atoms with Crippen LogP contribution in [0.3, 0.4) is 0 Å². The van der Waals surface area contributed by atoms with Crippen molar-refractivity contribution in [3.63, 3.8) is 0 Å². The Morgan fingerprint density at radius 2 is 1.83 bits per heavy atom. The molecule has 2 N–H and O–H groups in total. The lowest BCUT2D eigenvalue weighted by atomic mass is 10.1. The van der Waals surface area contributed by atoms with Crippen molar-refractivity contribution in [2.75, 3.05) is 19.5 Å². The summed E-state index contributed by atoms with van der Waals surface area (Å²) in [6.45, 7) is 1.90. The van der Waals surface area contributed by atoms with Gasteiger partial charge in [0.2, 0.25) is 0 Å². The fourth-order valence-electron chi connectivity index (χ4n) is 3.33. The van der Waals surface area contributed by atoms with Gasteiger partial charge >= 0.3 is 0 Å². The third kappa shape index (κ3) is 3.52. The molecule has 0 aliphatic carbocycles. The number of rotatable bonds is 5. The Labute approximate surface area is 168 Å². The monoisotopic (exact) mass is 387 g/mol. The number of aromatic amines is 1. The van der Waals surface area contributed by atoms with Crippen molar-refractivity contribution in [1.82, 2.24) is 9.97 Å². The van der Waals surface area contributed by atoms with Crippen molar-refractivity contribution in [3.8, 4) is 22.9 Å². The van der Waals surface area contributed by atoms with Crippen molar-refractivity contribution in [2.45, 2.75) is 6.92 Å². The smallest absolute Gasteiger partial charge is 0.259 e. The minimum absolute atomic E-state index is 0.273. The van der Waals surface area contributed by atoms with Crippen LogP contribution in [0.4, 0.5) is 5.69 Å². The number of nitrogens with zero attached hydrogens (tertiary/aromatic N) is 1. The van der Waals surface area contributed by atoms with E-state index < -0.39 is 0 Å². The molecule has 1 heterocycles. The first-order valence-electron chi connectivity index (χ1n) is 9.19. The number of anilines is 1. The molecule has 4 aromatic rings. The lowest BCUT2D eigenvalue weighted by Crippen LogP contribution is -2.14. The van der Waals surface area contributed by atoms with Crippen LogP contribution in [0.1, 0.15) is 15.9 Å². The number of hydrogen-bond donors (Lipinski definition) is 2. The van der Waals surface area contributed by atoms with Crippen LogP contribution in [0.2, 0.25) is 0 Å². The van der Waals surface area contributed by atoms with Crippen LogP contribution in [0, 0.1) is 6.92 Å². The van der Waals surface area contributed by atoms with Gasteiger partial charge in [-0.3, -0.25) is 4.79 Å². The third-order valence-corrected chi connectivity index (χ3v) is 4.77. The molecule has 0 radical (unpaired) electrons. The summed E-state index contributed by atoms with van der Waals surface area (Å²) >= 11 is 0. The van der Waals surface area contributed by atoms with E-state index >= 15 is 0 Å². The maximum atomic E-state index is 12.9. The molecule has 0 atom stereocenters. The van der Waals surface area contributed by atoms with Crippen LogP contribution in [0.15, 0.2) is 60.7 Å². The molecule has 29 heavy (non-hydrogen) atoms. The van der Waals surface area contributed by atoms with Gasteiger partial charge in [0.1, 0.15) is 17.3 Å². The summed E-state index contributed by atoms with van der Waals surface area (Å²) in [5, 5.41) is 2.94. The van der Waals surface area contributed by atoms with E-state index in [-0.39, 0.29) is 5.91 Å². The standard InChI is InChI=1S/C23H21N3O3/c1-14-7-6-8-16(21(14)29-3)23(27)26-19-13-15(11-12-20(19)28-2)22-24-17-9-4-5-10-18(17)25-22/h4-13H,1-3H3,(H,24,25)(H,26,27). The number of para-hydroxylation sites is 3. The van der Waals surface area contributed by atoms with E-state index in [0.29, 0.717) is 22.7 Å². The van der Waals surface area contributed by atoms with Gasteiger partial charge in [0.25, 0.3) is 5.91 Å². The quantitative estimate of drug-likeness (QED) is 0.515. The number of imidazole rings is 1. The second kappa shape index (κ2) is 7.67. The molecule has 0 bridgehead atoms. The molecule has 0 saturated carbocycles. The normalized spacial score (nSPS) is 10.7. The molecule has 0 fully saturated rings. The lowest BCUT2D eigenvalue weighted by molar-refractivity contribution is 0.102. The van der Waals surface area contributed by atoms with Gasteiger partial charge in [0.15, 0.2) is 0 Å². The SMILES string of the molecule is COc1ccc(-c2nc3ccccc3[nH]2)cc1NC(=O)c1cccc(C)c1OC. The average Bonchev–Trinajstić information content (AvgIpc) is 3.17. The van der Waals surface area contributed by atoms with Crippen LogP contribution >= 0.6 is 0 Å². The first-order chi connectivity index (χ1) is 14.1. The molecule has 3 aromatic carbocycles. The highest BCUT2D eigenvalue weighted by Gasteiger charge is 2.17. The van der Waals surface area contributed by atoms with Crippen molar-refractivity contribution >= 4 is 22.6 Å². The molecule has 0 unspecified atom stereocenters. The minimum atomic E-state index is -0.273. The Morgan fingerprint density at radius 1 is 1.00 bits per heavy atom. The fraction of sp³-hybridized carbons (Fsp3) is 0.130. The van der Waals surface area contributed by atoms with Gasteiger partial charge in [-0.2, -0.15) is 0 Å². The lowest BCUT2D eigenvalue weighted by Gasteiger charge is -2.14. The predicted molar refractivity (Wildman–Crippen MR) is 114 cm³/mol. The minimum Gasteiger partial charge on any atom is -0.496 e. The van der Waals surface area contributed by atoms with Crippen LogP contribution in [0.25, 0.3) is 22.4 Å². The average molecular weight is 387 g/mol. The Kier molecular flexibility index (Phi) is 4.91. The summed E-state index contributed by atoms with van der Waals surface area (Å²) in [6, 6.07) is 18.8. The Balaban J connectivity index is 1.71. The largest absolute Gasteiger partial charge is 0.496 e. The molecular weight excluding hydrogens is 366 g/mol. The zero-order valence-corrected chi connectivity index (χ0v) is 16.4. The molecule has 0 aliphatic rings. The number of aryl methyl sites for hydroxylation is 1. The number of ether oxygens (including phenoxy) is 2. The van der Waals surface area contributed by atoms with Gasteiger partial charge in [-0.15, -0.1) is 0 Å². The molecule has 0 aliphatic heterocycles. The highest BCUT2D eigenvalue weighted by Crippen LogP contribution is 2.32. The van der Waals surface area contributed by atoms with E-state index in [2.05, 4.69) is 15.3 Å². The Morgan fingerprint density at radius 3 is 2.59 bits per heavy atom. The second-order valence-electron chi connectivity index (χ2n) is 6.63. The number of aromatic nitrogens is 2. The summed E-state index contributed by atoms with van der Waals surface area (Å²) in [4.78, 5) is 20.9. The predicted octanol–water partition coefficient (Wildman–Crippen LogP) is 4.81. The fourth-order valence-corrected chi connectivity index (χ4v) is 3.33. The van der Waals surface area contributed by atoms with Gasteiger partial charge < -0.3 is 19.8 Å². The number of carbonyl (C=O) groups is 1. The molecule has 1 amide bonds. The van der Waals surface area contributed by atoms with E-state index in [4.69, 9.17) is 9.47 Å². The third-order valence-electron chi connectivity index (χ3n) is 4.77. The molecule has 1 aromatic heterocycles. The first-order valence-corrected chi connectivity index (χ1v) is 9.19. The van der Waals surface area contributed by atoms with E-state index in [0.717, 1.165) is 28.0 Å².